The van der Waals surface area contributed by atoms with Gasteiger partial charge in [0.2, 0.25) is 5.82 Å². The van der Waals surface area contributed by atoms with E-state index in [1.807, 2.05) is 26.1 Å². The highest BCUT2D eigenvalue weighted by atomic mass is 16.6. The lowest BCUT2D eigenvalue weighted by molar-refractivity contribution is -0.384. The molecular formula is C17H19N5O2. The first-order chi connectivity index (χ1) is 11.5. The fourth-order valence-corrected chi connectivity index (χ4v) is 2.92. The number of pyridine rings is 1. The number of hydrogen-bond acceptors (Lipinski definition) is 5. The molecule has 3 aromatic rings. The highest BCUT2D eigenvalue weighted by Gasteiger charge is 2.15. The summed E-state index contributed by atoms with van der Waals surface area (Å²) >= 11 is 0. The number of nitrogen functional groups attached to an aromatic ring is 1. The van der Waals surface area contributed by atoms with Crippen molar-refractivity contribution < 1.29 is 4.92 Å². The van der Waals surface area contributed by atoms with Crippen LogP contribution in [-0.4, -0.2) is 20.5 Å². The molecule has 3 N–H and O–H groups in total. The molecule has 0 spiro atoms. The van der Waals surface area contributed by atoms with Gasteiger partial charge in [-0.15, -0.1) is 0 Å². The summed E-state index contributed by atoms with van der Waals surface area (Å²) in [5.41, 5.74) is 7.88. The second-order valence-corrected chi connectivity index (χ2v) is 5.89. The number of hydrogen-bond donors (Lipinski definition) is 2. The maximum absolute atomic E-state index is 10.8. The number of nitrogens with one attached hydrogen (secondary N) is 1. The van der Waals surface area contributed by atoms with Crippen LogP contribution in [0.2, 0.25) is 0 Å². The van der Waals surface area contributed by atoms with Gasteiger partial charge < -0.3 is 15.6 Å². The maximum Gasteiger partial charge on any atom is 0.311 e. The van der Waals surface area contributed by atoms with Crippen molar-refractivity contribution in [2.24, 2.45) is 7.05 Å². The summed E-state index contributed by atoms with van der Waals surface area (Å²) in [5, 5.41) is 15.3. The van der Waals surface area contributed by atoms with Crippen LogP contribution in [0.3, 0.4) is 0 Å². The topological polar surface area (TPSA) is 99.0 Å². The Morgan fingerprint density at radius 3 is 2.79 bits per heavy atom. The van der Waals surface area contributed by atoms with Gasteiger partial charge in [-0.2, -0.15) is 0 Å². The molecule has 3 rings (SSSR count). The van der Waals surface area contributed by atoms with E-state index in [4.69, 9.17) is 5.73 Å². The molecule has 0 aliphatic carbocycles. The summed E-state index contributed by atoms with van der Waals surface area (Å²) in [4.78, 5) is 14.3. The number of aromatic nitrogens is 2. The van der Waals surface area contributed by atoms with Crippen LogP contribution in [0.5, 0.6) is 0 Å². The summed E-state index contributed by atoms with van der Waals surface area (Å²) in [6, 6.07) is 11.3. The number of benzene rings is 1. The van der Waals surface area contributed by atoms with Crippen molar-refractivity contribution in [1.82, 2.24) is 9.55 Å². The van der Waals surface area contributed by atoms with Gasteiger partial charge in [-0.1, -0.05) is 18.2 Å². The molecular weight excluding hydrogens is 306 g/mol. The second kappa shape index (κ2) is 6.19. The Morgan fingerprint density at radius 2 is 2.08 bits per heavy atom. The maximum atomic E-state index is 10.8. The molecule has 0 saturated heterocycles. The van der Waals surface area contributed by atoms with Crippen molar-refractivity contribution in [3.63, 3.8) is 0 Å². The third-order valence-corrected chi connectivity index (χ3v) is 4.00. The lowest BCUT2D eigenvalue weighted by atomic mass is 10.1. The normalized spacial score (nSPS) is 12.2. The van der Waals surface area contributed by atoms with Gasteiger partial charge in [-0.05, 0) is 31.0 Å². The number of nitrogens with zero attached hydrogens (tertiary/aromatic N) is 3. The van der Waals surface area contributed by atoms with Gasteiger partial charge >= 0.3 is 5.69 Å². The Bertz CT molecular complexity index is 903. The van der Waals surface area contributed by atoms with E-state index in [-0.39, 0.29) is 17.5 Å². The van der Waals surface area contributed by atoms with Crippen molar-refractivity contribution in [1.29, 1.82) is 0 Å². The molecule has 0 fully saturated rings. The van der Waals surface area contributed by atoms with Crippen LogP contribution >= 0.6 is 0 Å². The molecule has 0 saturated carbocycles. The molecule has 0 aliphatic heterocycles. The highest BCUT2D eigenvalue weighted by Crippen LogP contribution is 2.24. The van der Waals surface area contributed by atoms with Gasteiger partial charge in [0.1, 0.15) is 5.82 Å². The van der Waals surface area contributed by atoms with Gasteiger partial charge in [0.25, 0.3) is 0 Å². The zero-order chi connectivity index (χ0) is 17.3. The lowest BCUT2D eigenvalue weighted by Crippen LogP contribution is -2.19. The molecule has 0 amide bonds. The Balaban J connectivity index is 1.77. The predicted octanol–water partition coefficient (Wildman–Crippen LogP) is 3.11. The summed E-state index contributed by atoms with van der Waals surface area (Å²) in [6.07, 6.45) is 2.93. The molecule has 1 aromatic carbocycles. The minimum atomic E-state index is -0.536. The highest BCUT2D eigenvalue weighted by molar-refractivity contribution is 5.84. The van der Waals surface area contributed by atoms with Crippen molar-refractivity contribution in [2.45, 2.75) is 19.4 Å². The predicted molar refractivity (Wildman–Crippen MR) is 95.0 cm³/mol. The Hall–Kier alpha value is -3.09. The summed E-state index contributed by atoms with van der Waals surface area (Å²) in [6.45, 7) is 2.04. The zero-order valence-electron chi connectivity index (χ0n) is 13.6. The smallest absolute Gasteiger partial charge is 0.311 e. The van der Waals surface area contributed by atoms with Gasteiger partial charge in [0.05, 0.1) is 4.92 Å². The first-order valence-corrected chi connectivity index (χ1v) is 7.66. The summed E-state index contributed by atoms with van der Waals surface area (Å²) in [5.74, 6) is 0.452. The first kappa shape index (κ1) is 15.8. The SMILES string of the molecule is CC(Cc1cn(C)c2ccccc12)Nc1ccc([N+](=O)[O-])c(N)n1. The Labute approximate surface area is 139 Å². The van der Waals surface area contributed by atoms with Crippen molar-refractivity contribution in [3.05, 3.63) is 58.3 Å². The average molecular weight is 325 g/mol. The van der Waals surface area contributed by atoms with Crippen LogP contribution in [-0.2, 0) is 13.5 Å². The number of nitrogens with two attached hydrogens (primary N) is 1. The minimum absolute atomic E-state index is 0.0811. The molecule has 0 aliphatic rings. The van der Waals surface area contributed by atoms with Crippen molar-refractivity contribution in [2.75, 3.05) is 11.1 Å². The molecule has 1 unspecified atom stereocenters. The minimum Gasteiger partial charge on any atom is -0.378 e. The van der Waals surface area contributed by atoms with E-state index in [0.29, 0.717) is 5.82 Å². The molecule has 1 atom stereocenters. The quantitative estimate of drug-likeness (QED) is 0.554. The van der Waals surface area contributed by atoms with Crippen LogP contribution in [0.15, 0.2) is 42.6 Å². The standard InChI is InChI=1S/C17H19N5O2/c1-11(19-16-8-7-15(22(23)24)17(18)20-16)9-12-10-21(2)14-6-4-3-5-13(12)14/h3-8,10-11H,9H2,1-2H3,(H3,18,19,20). The lowest BCUT2D eigenvalue weighted by Gasteiger charge is -2.14. The molecule has 0 bridgehead atoms. The zero-order valence-corrected chi connectivity index (χ0v) is 13.6. The summed E-state index contributed by atoms with van der Waals surface area (Å²) < 4.78 is 2.11. The molecule has 124 valence electrons. The number of para-hydroxylation sites is 1. The third kappa shape index (κ3) is 3.01. The molecule has 7 nitrogen and oxygen atoms in total. The van der Waals surface area contributed by atoms with Crippen LogP contribution < -0.4 is 11.1 Å². The number of aryl methyl sites for hydroxylation is 1. The first-order valence-electron chi connectivity index (χ1n) is 7.66. The monoisotopic (exact) mass is 325 g/mol. The number of rotatable bonds is 5. The molecule has 24 heavy (non-hydrogen) atoms. The van der Waals surface area contributed by atoms with E-state index in [2.05, 4.69) is 33.2 Å². The van der Waals surface area contributed by atoms with Gasteiger partial charge in [0.15, 0.2) is 0 Å². The Kier molecular flexibility index (Phi) is 4.07. The molecule has 2 heterocycles. The van der Waals surface area contributed by atoms with E-state index in [1.54, 1.807) is 6.07 Å². The third-order valence-electron chi connectivity index (χ3n) is 4.00. The van der Waals surface area contributed by atoms with E-state index < -0.39 is 4.92 Å². The Morgan fingerprint density at radius 1 is 1.33 bits per heavy atom. The van der Waals surface area contributed by atoms with Crippen LogP contribution in [0.25, 0.3) is 10.9 Å². The number of nitro groups is 1. The van der Waals surface area contributed by atoms with E-state index in [0.717, 1.165) is 6.42 Å². The number of fused-ring (bicyclic) bond motifs is 1. The number of anilines is 2. The molecule has 2 aromatic heterocycles. The fourth-order valence-electron chi connectivity index (χ4n) is 2.92. The molecule has 7 heteroatoms. The van der Waals surface area contributed by atoms with Crippen LogP contribution in [0, 0.1) is 10.1 Å². The molecule has 0 radical (unpaired) electrons. The van der Waals surface area contributed by atoms with Crippen molar-refractivity contribution >= 4 is 28.2 Å². The largest absolute Gasteiger partial charge is 0.378 e. The summed E-state index contributed by atoms with van der Waals surface area (Å²) in [7, 11) is 2.03. The average Bonchev–Trinajstić information content (AvgIpc) is 2.83. The van der Waals surface area contributed by atoms with E-state index >= 15 is 0 Å². The second-order valence-electron chi connectivity index (χ2n) is 5.89. The van der Waals surface area contributed by atoms with Gasteiger partial charge in [-0.3, -0.25) is 10.1 Å². The van der Waals surface area contributed by atoms with Crippen LogP contribution in [0.1, 0.15) is 12.5 Å². The van der Waals surface area contributed by atoms with Crippen LogP contribution in [0.4, 0.5) is 17.3 Å². The fraction of sp³-hybridized carbons (Fsp3) is 0.235. The van der Waals surface area contributed by atoms with Crippen molar-refractivity contribution in [3.8, 4) is 0 Å². The van der Waals surface area contributed by atoms with E-state index in [1.165, 1.54) is 22.5 Å². The van der Waals surface area contributed by atoms with Gasteiger partial charge in [0, 0.05) is 36.3 Å². The van der Waals surface area contributed by atoms with E-state index in [9.17, 15) is 10.1 Å². The van der Waals surface area contributed by atoms with Gasteiger partial charge in [-0.25, -0.2) is 4.98 Å².